The summed E-state index contributed by atoms with van der Waals surface area (Å²) in [5.74, 6) is -1.52. The lowest BCUT2D eigenvalue weighted by Crippen LogP contribution is -2.35. The maximum Gasteiger partial charge on any atom is 0.232 e. The maximum atomic E-state index is 14.7. The standard InChI is InChI=1S/C56H62N4O6S2/c1-7-9-11-13-35-67(63,64)57-51-37-47(59(43-23-15-39(3)16-24-43)44-25-17-40(4)18-26-44)31-33-49(51)53-55(61)54(56(53)62)50-34-32-48(38-52(50)58-68(65,66)36-14-12-10-8-2)60(45-27-19-41(5)20-28-45)46-29-21-42(6)22-30-46/h15-34,37-38H,7-14,35-36H2,1-6H3,(H2,57,58,61,62). The quantitative estimate of drug-likeness (QED) is 0.0450. The number of sulfonamides is 2. The van der Waals surface area contributed by atoms with Crippen molar-refractivity contribution in [2.24, 2.45) is 0 Å². The van der Waals surface area contributed by atoms with Crippen LogP contribution in [0.1, 0.15) is 93.0 Å². The van der Waals surface area contributed by atoms with Crippen LogP contribution in [0.25, 0.3) is 5.57 Å². The summed E-state index contributed by atoms with van der Waals surface area (Å²) in [6.07, 6.45) is 11.1. The second kappa shape index (κ2) is 21.6. The highest BCUT2D eigenvalue weighted by Crippen LogP contribution is 2.44. The Labute approximate surface area is 403 Å². The zero-order chi connectivity index (χ0) is 48.6. The number of benzene rings is 5. The van der Waals surface area contributed by atoms with Gasteiger partial charge in [-0.3, -0.25) is 14.2 Å². The minimum Gasteiger partial charge on any atom is -0.871 e. The van der Waals surface area contributed by atoms with Gasteiger partial charge in [0, 0.05) is 75.8 Å². The highest BCUT2D eigenvalue weighted by molar-refractivity contribution is 7.92. The molecule has 354 valence electrons. The number of rotatable bonds is 20. The van der Waals surface area contributed by atoms with Crippen LogP contribution < -0.4 is 24.0 Å². The van der Waals surface area contributed by atoms with Gasteiger partial charge in [-0.2, -0.15) is 4.58 Å². The minimum absolute atomic E-state index is 0.0909. The molecule has 0 saturated heterocycles. The van der Waals surface area contributed by atoms with Gasteiger partial charge in [0.15, 0.2) is 5.78 Å². The number of hydrogen-bond donors (Lipinski definition) is 2. The molecule has 2 N–H and O–H groups in total. The van der Waals surface area contributed by atoms with Gasteiger partial charge >= 0.3 is 0 Å². The Bertz CT molecular complexity index is 2950. The number of anilines is 4. The lowest BCUT2D eigenvalue weighted by Gasteiger charge is -2.35. The summed E-state index contributed by atoms with van der Waals surface area (Å²) in [7, 11) is -7.87. The molecule has 5 aromatic rings. The first kappa shape index (κ1) is 49.4. The van der Waals surface area contributed by atoms with Crippen molar-refractivity contribution >= 4 is 71.2 Å². The fourth-order valence-electron chi connectivity index (χ4n) is 8.38. The smallest absolute Gasteiger partial charge is 0.232 e. The summed E-state index contributed by atoms with van der Waals surface area (Å²) in [4.78, 5) is 16.7. The number of nitrogens with zero attached hydrogens (tertiary/aromatic N) is 2. The first-order valence-electron chi connectivity index (χ1n) is 23.6. The van der Waals surface area contributed by atoms with Crippen molar-refractivity contribution in [2.75, 3.05) is 21.1 Å². The summed E-state index contributed by atoms with van der Waals surface area (Å²) in [6, 6.07) is 36.9. The van der Waals surface area contributed by atoms with E-state index in [1.807, 2.05) is 134 Å². The van der Waals surface area contributed by atoms with Crippen molar-refractivity contribution in [3.05, 3.63) is 184 Å². The van der Waals surface area contributed by atoms with Crippen LogP contribution in [-0.2, 0) is 24.8 Å². The number of ketones is 1. The molecule has 0 radical (unpaired) electrons. The molecule has 12 heteroatoms. The number of carbonyl (C=O) groups excluding carboxylic acids is 1. The Hall–Kier alpha value is -6.50. The number of unbranched alkanes of at least 4 members (excludes halogenated alkanes) is 6. The third-order valence-electron chi connectivity index (χ3n) is 12.2. The zero-order valence-electron chi connectivity index (χ0n) is 39.9. The first-order valence-corrected chi connectivity index (χ1v) is 26.9. The number of hydrogen-bond acceptors (Lipinski definition) is 7. The first-order chi connectivity index (χ1) is 32.6. The molecule has 5 aromatic carbocycles. The Kier molecular flexibility index (Phi) is 15.7. The van der Waals surface area contributed by atoms with Gasteiger partial charge in [-0.1, -0.05) is 135 Å². The molecule has 0 unspecified atom stereocenters. The molecule has 68 heavy (non-hydrogen) atoms. The molecule has 0 aromatic heterocycles. The largest absolute Gasteiger partial charge is 0.871 e. The average Bonchev–Trinajstić information content (AvgIpc) is 3.31. The summed E-state index contributed by atoms with van der Waals surface area (Å²) in [5, 5.41) is 14.7. The van der Waals surface area contributed by atoms with Gasteiger partial charge in [0.25, 0.3) is 0 Å². The molecule has 0 aliphatic heterocycles. The number of Topliss-reactive ketones (excluding diaryl/α,β-unsaturated/α-hetero) is 1. The highest BCUT2D eigenvalue weighted by atomic mass is 32.2. The van der Waals surface area contributed by atoms with E-state index in [0.717, 1.165) is 83.5 Å². The number of carbonyl (C=O) groups is 1. The van der Waals surface area contributed by atoms with Gasteiger partial charge in [0.2, 0.25) is 37.1 Å². The Morgan fingerprint density at radius 3 is 1.47 bits per heavy atom. The van der Waals surface area contributed by atoms with Crippen LogP contribution in [0, 0.1) is 27.7 Å². The fourth-order valence-corrected chi connectivity index (χ4v) is 10.8. The van der Waals surface area contributed by atoms with Crippen LogP contribution in [0.4, 0.5) is 34.1 Å². The van der Waals surface area contributed by atoms with E-state index >= 15 is 0 Å². The normalized spacial score (nSPS) is 15.0. The Morgan fingerprint density at radius 1 is 0.544 bits per heavy atom. The fraction of sp³-hybridized carbons (Fsp3) is 0.286. The highest BCUT2D eigenvalue weighted by Gasteiger charge is 2.36. The molecule has 7 rings (SSSR count). The van der Waals surface area contributed by atoms with E-state index in [4.69, 9.17) is 0 Å². The van der Waals surface area contributed by atoms with Crippen molar-refractivity contribution in [1.82, 2.24) is 9.30 Å². The molecule has 0 bridgehead atoms. The molecule has 2 aliphatic rings. The van der Waals surface area contributed by atoms with Crippen molar-refractivity contribution in [3.63, 3.8) is 0 Å². The van der Waals surface area contributed by atoms with E-state index in [9.17, 15) is 26.7 Å². The lowest BCUT2D eigenvalue weighted by atomic mass is 9.79. The molecule has 0 saturated carbocycles. The van der Waals surface area contributed by atoms with Crippen LogP contribution >= 0.6 is 0 Å². The van der Waals surface area contributed by atoms with Crippen LogP contribution in [0.3, 0.4) is 0 Å². The van der Waals surface area contributed by atoms with E-state index in [1.54, 1.807) is 36.4 Å². The van der Waals surface area contributed by atoms with Gasteiger partial charge in [-0.25, -0.2) is 16.8 Å². The Balaban J connectivity index is 1.38. The molecule has 10 nitrogen and oxygen atoms in total. The number of aryl methyl sites for hydroxylation is 4. The summed E-state index contributed by atoms with van der Waals surface area (Å²) >= 11 is 0. The molecule has 0 fully saturated rings. The average molecular weight is 951 g/mol. The minimum atomic E-state index is -3.93. The van der Waals surface area contributed by atoms with Crippen LogP contribution in [0.2, 0.25) is 0 Å². The monoisotopic (exact) mass is 950 g/mol. The van der Waals surface area contributed by atoms with Gasteiger partial charge in [0.05, 0.1) is 22.9 Å². The van der Waals surface area contributed by atoms with E-state index in [0.29, 0.717) is 24.2 Å². The third-order valence-corrected chi connectivity index (χ3v) is 14.9. The van der Waals surface area contributed by atoms with Gasteiger partial charge in [0.1, 0.15) is 0 Å². The molecule has 0 atom stereocenters. The maximum absolute atomic E-state index is 14.7. The second-order valence-corrected chi connectivity index (χ2v) is 21.5. The van der Waals surface area contributed by atoms with Crippen molar-refractivity contribution in [3.8, 4) is 0 Å². The van der Waals surface area contributed by atoms with E-state index in [1.165, 1.54) is 0 Å². The SMILES string of the molecule is CCCCCCS(=O)(=O)NC1=CC(=[N+](c2ccc(C)cc2)c2ccc(C)cc2)C=C/C1=C1\C(=O)C(c2ccc(N(c3ccc(C)cc3)c3ccc(C)cc3)cc2NS(=O)(=O)CCCCCC)=C1[O-]. The van der Waals surface area contributed by atoms with Crippen LogP contribution in [0.15, 0.2) is 156 Å². The topological polar surface area (TPSA) is 139 Å². The van der Waals surface area contributed by atoms with Gasteiger partial charge < -0.3 is 10.0 Å². The molecule has 2 aliphatic carbocycles. The summed E-state index contributed by atoms with van der Waals surface area (Å²) in [6.45, 7) is 12.1. The van der Waals surface area contributed by atoms with Crippen molar-refractivity contribution in [1.29, 1.82) is 0 Å². The van der Waals surface area contributed by atoms with Crippen LogP contribution in [-0.4, -0.2) is 39.8 Å². The summed E-state index contributed by atoms with van der Waals surface area (Å²) < 4.78 is 62.8. The predicted octanol–water partition coefficient (Wildman–Crippen LogP) is 11.6. The second-order valence-electron chi connectivity index (χ2n) is 17.8. The summed E-state index contributed by atoms with van der Waals surface area (Å²) in [5.41, 5.74) is 8.87. The third kappa shape index (κ3) is 11.8. The lowest BCUT2D eigenvalue weighted by molar-refractivity contribution is -0.297. The van der Waals surface area contributed by atoms with Crippen molar-refractivity contribution in [2.45, 2.75) is 92.9 Å². The number of nitrogens with one attached hydrogen (secondary N) is 2. The van der Waals surface area contributed by atoms with Crippen LogP contribution in [0.5, 0.6) is 0 Å². The van der Waals surface area contributed by atoms with Gasteiger partial charge in [-0.05, 0) is 83.0 Å². The molecular weight excluding hydrogens is 889 g/mol. The Morgan fingerprint density at radius 2 is 1.00 bits per heavy atom. The molecule has 0 amide bonds. The van der Waals surface area contributed by atoms with E-state index < -0.39 is 31.6 Å². The predicted molar refractivity (Wildman–Crippen MR) is 278 cm³/mol. The van der Waals surface area contributed by atoms with Gasteiger partial charge in [-0.15, -0.1) is 0 Å². The van der Waals surface area contributed by atoms with E-state index in [-0.39, 0.29) is 45.2 Å². The molecular formula is C56H62N4O6S2. The molecule has 0 heterocycles. The van der Waals surface area contributed by atoms with E-state index in [2.05, 4.69) is 23.3 Å². The van der Waals surface area contributed by atoms with Crippen molar-refractivity contribution < 1.29 is 26.7 Å². The number of allylic oxidation sites excluding steroid dienone is 5. The zero-order valence-corrected chi connectivity index (χ0v) is 41.6. The molecule has 0 spiro atoms.